The molecule has 0 saturated carbocycles. The molecule has 2 aromatic carbocycles. The molecule has 0 aromatic heterocycles. The van der Waals surface area contributed by atoms with E-state index in [4.69, 9.17) is 0 Å². The smallest absolute Gasteiger partial charge is 0.261 e. The van der Waals surface area contributed by atoms with Gasteiger partial charge >= 0.3 is 0 Å². The normalized spacial score (nSPS) is 16.2. The van der Waals surface area contributed by atoms with Crippen LogP contribution in [0.4, 0.5) is 11.4 Å². The molecule has 0 unspecified atom stereocenters. The van der Waals surface area contributed by atoms with Crippen LogP contribution in [0, 0.1) is 0 Å². The first-order valence-electron chi connectivity index (χ1n) is 9.90. The van der Waals surface area contributed by atoms with Crippen molar-refractivity contribution in [2.45, 2.75) is 38.0 Å². The van der Waals surface area contributed by atoms with Gasteiger partial charge in [0.05, 0.1) is 16.3 Å². The first-order valence-corrected chi connectivity index (χ1v) is 11.4. The molecule has 1 aliphatic rings. The van der Waals surface area contributed by atoms with E-state index in [0.717, 1.165) is 44.0 Å². The summed E-state index contributed by atoms with van der Waals surface area (Å²) in [5.41, 5.74) is 2.67. The summed E-state index contributed by atoms with van der Waals surface area (Å²) in [6, 6.07) is 14.8. The Labute approximate surface area is 169 Å². The summed E-state index contributed by atoms with van der Waals surface area (Å²) in [6.45, 7) is 13.3. The SMILES string of the molecule is CCN1CCN(c2ccccc2NS(=O)(=O)c2ccc(C(C)(C)C)cc2)CC1. The predicted octanol–water partition coefficient (Wildman–Crippen LogP) is 3.93. The van der Waals surface area contributed by atoms with Gasteiger partial charge in [-0.3, -0.25) is 4.72 Å². The third-order valence-corrected chi connectivity index (χ3v) is 6.72. The van der Waals surface area contributed by atoms with E-state index < -0.39 is 10.0 Å². The largest absolute Gasteiger partial charge is 0.367 e. The van der Waals surface area contributed by atoms with Crippen molar-refractivity contribution >= 4 is 21.4 Å². The van der Waals surface area contributed by atoms with Crippen LogP contribution < -0.4 is 9.62 Å². The van der Waals surface area contributed by atoms with E-state index in [1.165, 1.54) is 0 Å². The van der Waals surface area contributed by atoms with Crippen molar-refractivity contribution in [2.24, 2.45) is 0 Å². The van der Waals surface area contributed by atoms with Crippen LogP contribution >= 0.6 is 0 Å². The summed E-state index contributed by atoms with van der Waals surface area (Å²) in [6.07, 6.45) is 0. The van der Waals surface area contributed by atoms with Crippen LogP contribution in [0.1, 0.15) is 33.3 Å². The van der Waals surface area contributed by atoms with Gasteiger partial charge < -0.3 is 9.80 Å². The highest BCUT2D eigenvalue weighted by atomic mass is 32.2. The summed E-state index contributed by atoms with van der Waals surface area (Å²) in [4.78, 5) is 4.94. The monoisotopic (exact) mass is 401 g/mol. The van der Waals surface area contributed by atoms with Gasteiger partial charge in [0, 0.05) is 26.2 Å². The van der Waals surface area contributed by atoms with Gasteiger partial charge in [-0.05, 0) is 41.8 Å². The lowest BCUT2D eigenvalue weighted by Crippen LogP contribution is -2.46. The summed E-state index contributed by atoms with van der Waals surface area (Å²) in [5.74, 6) is 0. The highest BCUT2D eigenvalue weighted by Crippen LogP contribution is 2.29. The highest BCUT2D eigenvalue weighted by molar-refractivity contribution is 7.92. The third-order valence-electron chi connectivity index (χ3n) is 5.34. The molecular weight excluding hydrogens is 370 g/mol. The molecule has 0 aliphatic carbocycles. The van der Waals surface area contributed by atoms with Crippen LogP contribution in [-0.4, -0.2) is 46.0 Å². The zero-order valence-electron chi connectivity index (χ0n) is 17.3. The fourth-order valence-electron chi connectivity index (χ4n) is 3.48. The maximum absolute atomic E-state index is 13.0. The first-order chi connectivity index (χ1) is 13.2. The lowest BCUT2D eigenvalue weighted by atomic mass is 9.87. The van der Waals surface area contributed by atoms with Crippen molar-refractivity contribution in [2.75, 3.05) is 42.3 Å². The molecule has 1 fully saturated rings. The molecule has 1 heterocycles. The summed E-state index contributed by atoms with van der Waals surface area (Å²) >= 11 is 0. The van der Waals surface area contributed by atoms with Crippen molar-refractivity contribution < 1.29 is 8.42 Å². The van der Waals surface area contributed by atoms with Gasteiger partial charge in [-0.25, -0.2) is 8.42 Å². The third kappa shape index (κ3) is 4.67. The lowest BCUT2D eigenvalue weighted by Gasteiger charge is -2.36. The van der Waals surface area contributed by atoms with E-state index in [1.54, 1.807) is 12.1 Å². The maximum Gasteiger partial charge on any atom is 0.261 e. The number of rotatable bonds is 5. The van der Waals surface area contributed by atoms with Gasteiger partial charge in [0.25, 0.3) is 10.0 Å². The van der Waals surface area contributed by atoms with Gasteiger partial charge in [-0.1, -0.05) is 52.0 Å². The van der Waals surface area contributed by atoms with Crippen LogP contribution in [-0.2, 0) is 15.4 Å². The molecule has 0 amide bonds. The topological polar surface area (TPSA) is 52.6 Å². The highest BCUT2D eigenvalue weighted by Gasteiger charge is 2.22. The Kier molecular flexibility index (Phi) is 6.01. The standard InChI is InChI=1S/C22H31N3O2S/c1-5-24-14-16-25(17-15-24)21-9-7-6-8-20(21)23-28(26,27)19-12-10-18(11-13-19)22(2,3)4/h6-13,23H,5,14-17H2,1-4H3. The van der Waals surface area contributed by atoms with Crippen molar-refractivity contribution in [3.8, 4) is 0 Å². The minimum atomic E-state index is -3.64. The minimum Gasteiger partial charge on any atom is -0.367 e. The molecule has 1 aliphatic heterocycles. The van der Waals surface area contributed by atoms with Crippen molar-refractivity contribution in [1.29, 1.82) is 0 Å². The van der Waals surface area contributed by atoms with Gasteiger partial charge in [-0.2, -0.15) is 0 Å². The Bertz CT molecular complexity index is 894. The average Bonchev–Trinajstić information content (AvgIpc) is 2.68. The van der Waals surface area contributed by atoms with Gasteiger partial charge in [0.2, 0.25) is 0 Å². The minimum absolute atomic E-state index is 0.0110. The lowest BCUT2D eigenvalue weighted by molar-refractivity contribution is 0.271. The summed E-state index contributed by atoms with van der Waals surface area (Å²) in [5, 5.41) is 0. The van der Waals surface area contributed by atoms with E-state index in [2.05, 4.69) is 42.2 Å². The predicted molar refractivity (Wildman–Crippen MR) is 117 cm³/mol. The van der Waals surface area contributed by atoms with E-state index in [0.29, 0.717) is 5.69 Å². The number of piperazine rings is 1. The molecule has 152 valence electrons. The molecule has 6 heteroatoms. The van der Waals surface area contributed by atoms with Crippen molar-refractivity contribution in [3.05, 3.63) is 54.1 Å². The molecule has 5 nitrogen and oxygen atoms in total. The number of hydrogen-bond acceptors (Lipinski definition) is 4. The number of likely N-dealkylation sites (N-methyl/N-ethyl adjacent to an activating group) is 1. The Morgan fingerprint density at radius 3 is 2.11 bits per heavy atom. The Balaban J connectivity index is 1.81. The van der Waals surface area contributed by atoms with Gasteiger partial charge in [-0.15, -0.1) is 0 Å². The summed E-state index contributed by atoms with van der Waals surface area (Å²) < 4.78 is 28.7. The van der Waals surface area contributed by atoms with Gasteiger partial charge in [0.15, 0.2) is 0 Å². The Morgan fingerprint density at radius 1 is 0.929 bits per heavy atom. The Morgan fingerprint density at radius 2 is 1.54 bits per heavy atom. The van der Waals surface area contributed by atoms with Gasteiger partial charge in [0.1, 0.15) is 0 Å². The van der Waals surface area contributed by atoms with E-state index >= 15 is 0 Å². The van der Waals surface area contributed by atoms with Crippen LogP contribution in [0.3, 0.4) is 0 Å². The zero-order chi connectivity index (χ0) is 20.4. The van der Waals surface area contributed by atoms with Crippen molar-refractivity contribution in [1.82, 2.24) is 4.90 Å². The van der Waals surface area contributed by atoms with E-state index in [9.17, 15) is 8.42 Å². The second-order valence-corrected chi connectivity index (χ2v) is 10.0. The summed E-state index contributed by atoms with van der Waals surface area (Å²) in [7, 11) is -3.64. The number of benzene rings is 2. The van der Waals surface area contributed by atoms with Crippen LogP contribution in [0.2, 0.25) is 0 Å². The number of hydrogen-bond donors (Lipinski definition) is 1. The van der Waals surface area contributed by atoms with Crippen LogP contribution in [0.25, 0.3) is 0 Å². The quantitative estimate of drug-likeness (QED) is 0.825. The fraction of sp³-hybridized carbons (Fsp3) is 0.455. The number of nitrogens with one attached hydrogen (secondary N) is 1. The first kappa shape index (κ1) is 20.7. The maximum atomic E-state index is 13.0. The number of anilines is 2. The van der Waals surface area contributed by atoms with Crippen LogP contribution in [0.5, 0.6) is 0 Å². The number of nitrogens with zero attached hydrogens (tertiary/aromatic N) is 2. The molecule has 0 spiro atoms. The van der Waals surface area contributed by atoms with Crippen LogP contribution in [0.15, 0.2) is 53.4 Å². The second-order valence-electron chi connectivity index (χ2n) is 8.32. The molecule has 0 bridgehead atoms. The number of para-hydroxylation sites is 2. The average molecular weight is 402 g/mol. The van der Waals surface area contributed by atoms with E-state index in [1.807, 2.05) is 36.4 Å². The molecule has 1 saturated heterocycles. The zero-order valence-corrected chi connectivity index (χ0v) is 18.1. The molecule has 0 atom stereocenters. The Hall–Kier alpha value is -2.05. The fourth-order valence-corrected chi connectivity index (χ4v) is 4.55. The van der Waals surface area contributed by atoms with Crippen molar-refractivity contribution in [3.63, 3.8) is 0 Å². The second kappa shape index (κ2) is 8.13. The van der Waals surface area contributed by atoms with E-state index in [-0.39, 0.29) is 10.3 Å². The molecule has 3 rings (SSSR count). The molecule has 0 radical (unpaired) electrons. The number of sulfonamides is 1. The molecule has 28 heavy (non-hydrogen) atoms. The molecular formula is C22H31N3O2S. The molecule has 1 N–H and O–H groups in total. The molecule has 2 aromatic rings.